The number of rotatable bonds is 8. The lowest BCUT2D eigenvalue weighted by Gasteiger charge is -2.39. The maximum Gasteiger partial charge on any atom is 0.416 e. The van der Waals surface area contributed by atoms with Gasteiger partial charge in [0.25, 0.3) is 0 Å². The molecule has 0 spiro atoms. The molecule has 176 valence electrons. The molecule has 2 aromatic carbocycles. The molecule has 0 bridgehead atoms. The van der Waals surface area contributed by atoms with Gasteiger partial charge in [-0.25, -0.2) is 0 Å². The van der Waals surface area contributed by atoms with E-state index in [0.29, 0.717) is 51.0 Å². The van der Waals surface area contributed by atoms with Gasteiger partial charge in [0.2, 0.25) is 0 Å². The number of likely N-dealkylation sites (tertiary alicyclic amines) is 1. The molecule has 7 heteroatoms. The van der Waals surface area contributed by atoms with E-state index in [9.17, 15) is 18.3 Å². The van der Waals surface area contributed by atoms with Gasteiger partial charge in [0.05, 0.1) is 17.3 Å². The summed E-state index contributed by atoms with van der Waals surface area (Å²) in [6.07, 6.45) is -2.33. The van der Waals surface area contributed by atoms with E-state index in [-0.39, 0.29) is 6.10 Å². The molecule has 0 saturated carbocycles. The van der Waals surface area contributed by atoms with Crippen molar-refractivity contribution in [2.24, 2.45) is 0 Å². The Labute approximate surface area is 188 Å². The minimum absolute atomic E-state index is 0.132. The lowest BCUT2D eigenvalue weighted by molar-refractivity contribution is -0.137. The zero-order chi connectivity index (χ0) is 23.4. The fourth-order valence-corrected chi connectivity index (χ4v) is 4.04. The molecule has 0 amide bonds. The molecule has 0 unspecified atom stereocenters. The number of hydrogen-bond donors (Lipinski definition) is 1. The van der Waals surface area contributed by atoms with Crippen LogP contribution < -0.4 is 9.64 Å². The first-order valence-corrected chi connectivity index (χ1v) is 11.1. The molecule has 1 saturated heterocycles. The second kappa shape index (κ2) is 10.1. The molecule has 1 N–H and O–H groups in total. The van der Waals surface area contributed by atoms with Crippen LogP contribution >= 0.6 is 0 Å². The highest BCUT2D eigenvalue weighted by Gasteiger charge is 2.33. The summed E-state index contributed by atoms with van der Waals surface area (Å²) in [6.45, 7) is 6.49. The summed E-state index contributed by atoms with van der Waals surface area (Å²) in [7, 11) is 2.00. The summed E-state index contributed by atoms with van der Waals surface area (Å²) < 4.78 is 44.5. The molecular formula is C25H33F3N2O2. The first-order chi connectivity index (χ1) is 15.0. The van der Waals surface area contributed by atoms with E-state index in [1.54, 1.807) is 6.07 Å². The molecule has 1 aliphatic rings. The Bertz CT molecular complexity index is 860. The Morgan fingerprint density at radius 2 is 1.75 bits per heavy atom. The second-order valence-corrected chi connectivity index (χ2v) is 9.03. The minimum atomic E-state index is -4.33. The molecule has 0 aromatic heterocycles. The van der Waals surface area contributed by atoms with Gasteiger partial charge in [-0.3, -0.25) is 4.90 Å². The predicted octanol–water partition coefficient (Wildman–Crippen LogP) is 5.35. The van der Waals surface area contributed by atoms with E-state index < -0.39 is 17.3 Å². The number of anilines is 1. The molecule has 1 aliphatic heterocycles. The number of aliphatic hydroxyl groups is 1. The van der Waals surface area contributed by atoms with Crippen LogP contribution in [0.3, 0.4) is 0 Å². The van der Waals surface area contributed by atoms with E-state index in [4.69, 9.17) is 4.74 Å². The van der Waals surface area contributed by atoms with Gasteiger partial charge in [0, 0.05) is 38.9 Å². The van der Waals surface area contributed by atoms with Crippen molar-refractivity contribution in [3.05, 3.63) is 59.7 Å². The number of ether oxygens (including phenoxy) is 1. The third-order valence-electron chi connectivity index (χ3n) is 6.01. The van der Waals surface area contributed by atoms with Crippen LogP contribution in [-0.2, 0) is 12.7 Å². The first kappa shape index (κ1) is 24.4. The van der Waals surface area contributed by atoms with Crippen LogP contribution in [0.2, 0.25) is 0 Å². The zero-order valence-corrected chi connectivity index (χ0v) is 19.0. The van der Waals surface area contributed by atoms with Crippen molar-refractivity contribution in [1.29, 1.82) is 0 Å². The van der Waals surface area contributed by atoms with Crippen LogP contribution in [0.25, 0.3) is 0 Å². The summed E-state index contributed by atoms with van der Waals surface area (Å²) in [4.78, 5) is 4.23. The van der Waals surface area contributed by atoms with Crippen molar-refractivity contribution in [1.82, 2.24) is 4.90 Å². The third kappa shape index (κ3) is 6.87. The minimum Gasteiger partial charge on any atom is -0.491 e. The van der Waals surface area contributed by atoms with Crippen LogP contribution in [0, 0.1) is 0 Å². The highest BCUT2D eigenvalue weighted by Crippen LogP contribution is 2.31. The Kier molecular flexibility index (Phi) is 7.72. The number of alkyl halides is 3. The number of hydrogen-bond acceptors (Lipinski definition) is 4. The van der Waals surface area contributed by atoms with E-state index in [1.807, 2.05) is 45.2 Å². The van der Waals surface area contributed by atoms with Gasteiger partial charge < -0.3 is 14.7 Å². The maximum atomic E-state index is 12.9. The van der Waals surface area contributed by atoms with Crippen molar-refractivity contribution < 1.29 is 23.0 Å². The Morgan fingerprint density at radius 1 is 1.09 bits per heavy atom. The summed E-state index contributed by atoms with van der Waals surface area (Å²) in [5.74, 6) is 0.837. The summed E-state index contributed by atoms with van der Waals surface area (Å²) in [6, 6.07) is 13.4. The molecule has 0 aliphatic carbocycles. The molecule has 4 nitrogen and oxygen atoms in total. The molecule has 0 atom stereocenters. The van der Waals surface area contributed by atoms with Crippen molar-refractivity contribution in [3.8, 4) is 5.75 Å². The fraction of sp³-hybridized carbons (Fsp3) is 0.520. The molecule has 0 radical (unpaired) electrons. The Morgan fingerprint density at radius 3 is 2.34 bits per heavy atom. The summed E-state index contributed by atoms with van der Waals surface area (Å²) in [5, 5.41) is 11.0. The highest BCUT2D eigenvalue weighted by atomic mass is 19.4. The van der Waals surface area contributed by atoms with Gasteiger partial charge in [-0.2, -0.15) is 13.2 Å². The molecule has 3 rings (SSSR count). The van der Waals surface area contributed by atoms with Gasteiger partial charge in [0.1, 0.15) is 5.75 Å². The largest absolute Gasteiger partial charge is 0.491 e. The first-order valence-electron chi connectivity index (χ1n) is 11.1. The van der Waals surface area contributed by atoms with Gasteiger partial charge >= 0.3 is 6.18 Å². The number of piperidine rings is 1. The van der Waals surface area contributed by atoms with Crippen LogP contribution in [0.5, 0.6) is 5.75 Å². The fourth-order valence-electron chi connectivity index (χ4n) is 4.04. The average Bonchev–Trinajstić information content (AvgIpc) is 2.74. The zero-order valence-electron chi connectivity index (χ0n) is 19.0. The van der Waals surface area contributed by atoms with Crippen molar-refractivity contribution in [2.45, 2.75) is 57.5 Å². The van der Waals surface area contributed by atoms with Crippen LogP contribution in [0.1, 0.15) is 44.2 Å². The van der Waals surface area contributed by atoms with Gasteiger partial charge in [0.15, 0.2) is 0 Å². The summed E-state index contributed by atoms with van der Waals surface area (Å²) >= 11 is 0. The van der Waals surface area contributed by atoms with E-state index >= 15 is 0 Å². The Hall–Kier alpha value is -2.25. The van der Waals surface area contributed by atoms with E-state index in [1.165, 1.54) is 12.1 Å². The van der Waals surface area contributed by atoms with Crippen LogP contribution in [0.15, 0.2) is 48.5 Å². The summed E-state index contributed by atoms with van der Waals surface area (Å²) in [5.41, 5.74) is 0.344. The van der Waals surface area contributed by atoms with Crippen molar-refractivity contribution in [2.75, 3.05) is 31.6 Å². The topological polar surface area (TPSA) is 35.9 Å². The lowest BCUT2D eigenvalue weighted by Crippen LogP contribution is -2.45. The molecule has 1 heterocycles. The molecule has 2 aromatic rings. The highest BCUT2D eigenvalue weighted by molar-refractivity contribution is 5.48. The number of benzene rings is 2. The lowest BCUT2D eigenvalue weighted by atomic mass is 9.88. The van der Waals surface area contributed by atoms with Gasteiger partial charge in [-0.15, -0.1) is 0 Å². The van der Waals surface area contributed by atoms with Crippen LogP contribution in [0.4, 0.5) is 18.9 Å². The smallest absolute Gasteiger partial charge is 0.416 e. The van der Waals surface area contributed by atoms with Gasteiger partial charge in [-0.1, -0.05) is 18.2 Å². The third-order valence-corrected chi connectivity index (χ3v) is 6.01. The normalized spacial score (nSPS) is 16.9. The average molecular weight is 451 g/mol. The maximum absolute atomic E-state index is 12.9. The molecule has 32 heavy (non-hydrogen) atoms. The van der Waals surface area contributed by atoms with Crippen LogP contribution in [-0.4, -0.2) is 48.4 Å². The standard InChI is InChI=1S/C25H33F3N2O2/c1-19(2)32-23-9-7-22(8-10-23)29(3)14-11-24(31)12-15-30(16-13-24)18-20-5-4-6-21(17-20)25(26,27)28/h4-10,17,19,31H,11-16,18H2,1-3H3. The predicted molar refractivity (Wildman–Crippen MR) is 121 cm³/mol. The van der Waals surface area contributed by atoms with Crippen molar-refractivity contribution >= 4 is 5.69 Å². The molecule has 1 fully saturated rings. The molecular weight excluding hydrogens is 417 g/mol. The van der Waals surface area contributed by atoms with Crippen molar-refractivity contribution in [3.63, 3.8) is 0 Å². The SMILES string of the molecule is CC(C)Oc1ccc(N(C)CCC2(O)CCN(Cc3cccc(C(F)(F)F)c3)CC2)cc1. The monoisotopic (exact) mass is 450 g/mol. The van der Waals surface area contributed by atoms with E-state index in [0.717, 1.165) is 17.5 Å². The number of nitrogens with zero attached hydrogens (tertiary/aromatic N) is 2. The second-order valence-electron chi connectivity index (χ2n) is 9.03. The Balaban J connectivity index is 1.47. The van der Waals surface area contributed by atoms with Gasteiger partial charge in [-0.05, 0) is 69.0 Å². The quantitative estimate of drug-likeness (QED) is 0.589. The van der Waals surface area contributed by atoms with E-state index in [2.05, 4.69) is 9.80 Å². The number of halogens is 3.